The van der Waals surface area contributed by atoms with Gasteiger partial charge in [0.05, 0.1) is 6.10 Å². The van der Waals surface area contributed by atoms with Crippen molar-refractivity contribution in [2.45, 2.75) is 31.9 Å². The molecule has 0 aliphatic heterocycles. The van der Waals surface area contributed by atoms with E-state index in [-0.39, 0.29) is 18.5 Å². The molecule has 5 atom stereocenters. The predicted molar refractivity (Wildman–Crippen MR) is 46.6 cm³/mol. The number of hydrogen-bond acceptors (Lipinski definition) is 2. The first-order valence-corrected chi connectivity index (χ1v) is 4.14. The smallest absolute Gasteiger partial charge is 0.0546 e. The molecule has 2 fully saturated rings. The fraction of sp³-hybridized carbons (Fsp3) is 1.00. The molecule has 66 valence electrons. The summed E-state index contributed by atoms with van der Waals surface area (Å²) in [6.45, 7) is 2.08. The van der Waals surface area contributed by atoms with E-state index in [9.17, 15) is 5.11 Å². The van der Waals surface area contributed by atoms with Gasteiger partial charge in [-0.25, -0.2) is 0 Å². The van der Waals surface area contributed by atoms with Crippen molar-refractivity contribution < 1.29 is 5.11 Å². The lowest BCUT2D eigenvalue weighted by Crippen LogP contribution is -2.22. The summed E-state index contributed by atoms with van der Waals surface area (Å²) in [6.07, 6.45) is 2.01. The minimum absolute atomic E-state index is 0. The molecule has 2 aliphatic rings. The van der Waals surface area contributed by atoms with Crippen LogP contribution in [0.15, 0.2) is 0 Å². The molecule has 0 saturated heterocycles. The van der Waals surface area contributed by atoms with Crippen molar-refractivity contribution in [2.75, 3.05) is 0 Å². The van der Waals surface area contributed by atoms with E-state index in [0.717, 1.165) is 30.6 Å². The molecule has 0 aromatic rings. The van der Waals surface area contributed by atoms with Crippen LogP contribution in [0.3, 0.4) is 0 Å². The Morgan fingerprint density at radius 1 is 1.36 bits per heavy atom. The van der Waals surface area contributed by atoms with Gasteiger partial charge >= 0.3 is 0 Å². The second kappa shape index (κ2) is 2.92. The number of hydrogen-bond donors (Lipinski definition) is 2. The minimum atomic E-state index is -0.00926. The number of halogens is 1. The normalized spacial score (nSPS) is 49.4. The van der Waals surface area contributed by atoms with Gasteiger partial charge in [0.2, 0.25) is 0 Å². The molecule has 2 aliphatic carbocycles. The number of aliphatic hydroxyl groups excluding tert-OH is 1. The lowest BCUT2D eigenvalue weighted by Gasteiger charge is -2.09. The molecule has 0 bridgehead atoms. The summed E-state index contributed by atoms with van der Waals surface area (Å²) in [4.78, 5) is 0. The fourth-order valence-corrected chi connectivity index (χ4v) is 2.64. The summed E-state index contributed by atoms with van der Waals surface area (Å²) in [5, 5.41) is 9.19. The maximum atomic E-state index is 9.19. The largest absolute Gasteiger partial charge is 0.393 e. The lowest BCUT2D eigenvalue weighted by atomic mass is 10.1. The van der Waals surface area contributed by atoms with Crippen molar-refractivity contribution in [3.05, 3.63) is 0 Å². The van der Waals surface area contributed by atoms with Gasteiger partial charge in [0.25, 0.3) is 0 Å². The second-order valence-electron chi connectivity index (χ2n) is 3.89. The second-order valence-corrected chi connectivity index (χ2v) is 3.89. The van der Waals surface area contributed by atoms with Crippen molar-refractivity contribution >= 4 is 12.4 Å². The Kier molecular flexibility index (Phi) is 2.47. The van der Waals surface area contributed by atoms with Crippen LogP contribution in [0.5, 0.6) is 0 Å². The van der Waals surface area contributed by atoms with Crippen molar-refractivity contribution in [2.24, 2.45) is 23.5 Å². The van der Waals surface area contributed by atoms with E-state index in [1.807, 2.05) is 0 Å². The third kappa shape index (κ3) is 1.40. The summed E-state index contributed by atoms with van der Waals surface area (Å²) in [5.74, 6) is 2.29. The van der Waals surface area contributed by atoms with Gasteiger partial charge in [-0.3, -0.25) is 0 Å². The van der Waals surface area contributed by atoms with Gasteiger partial charge in [0, 0.05) is 6.04 Å². The van der Waals surface area contributed by atoms with Crippen molar-refractivity contribution in [1.29, 1.82) is 0 Å². The molecule has 2 rings (SSSR count). The number of nitrogens with two attached hydrogens (primary N) is 1. The highest BCUT2D eigenvalue weighted by Crippen LogP contribution is 2.58. The molecule has 3 unspecified atom stereocenters. The molecule has 0 aromatic carbocycles. The molecule has 11 heavy (non-hydrogen) atoms. The predicted octanol–water partition coefficient (Wildman–Crippen LogP) is 0.772. The average Bonchev–Trinajstić information content (AvgIpc) is 2.32. The standard InChI is InChI=1S/C8H15NO.ClH/c1-4(9)8-6-2-5(10)3-7(6)8;/h4-8,10H,2-3,9H2,1H3;1H/t4?,5?,6-,7+,8?;. The van der Waals surface area contributed by atoms with Gasteiger partial charge in [-0.2, -0.15) is 0 Å². The maximum absolute atomic E-state index is 9.19. The molecule has 0 amide bonds. The molecule has 0 spiro atoms. The van der Waals surface area contributed by atoms with E-state index in [0.29, 0.717) is 6.04 Å². The van der Waals surface area contributed by atoms with E-state index in [1.54, 1.807) is 0 Å². The number of rotatable bonds is 1. The Balaban J connectivity index is 0.000000605. The highest BCUT2D eigenvalue weighted by Gasteiger charge is 2.56. The van der Waals surface area contributed by atoms with E-state index in [4.69, 9.17) is 5.73 Å². The minimum Gasteiger partial charge on any atom is -0.393 e. The summed E-state index contributed by atoms with van der Waals surface area (Å²) in [7, 11) is 0. The third-order valence-electron chi connectivity index (χ3n) is 3.09. The monoisotopic (exact) mass is 177 g/mol. The SMILES string of the molecule is CC(N)C1[C@H]2CC(O)C[C@@H]12.Cl. The first-order valence-electron chi connectivity index (χ1n) is 4.14. The number of aliphatic hydroxyl groups is 1. The van der Waals surface area contributed by atoms with Crippen LogP contribution in [-0.4, -0.2) is 17.3 Å². The van der Waals surface area contributed by atoms with Crippen LogP contribution in [0.2, 0.25) is 0 Å². The molecule has 2 nitrogen and oxygen atoms in total. The van der Waals surface area contributed by atoms with Gasteiger partial charge < -0.3 is 10.8 Å². The van der Waals surface area contributed by atoms with Gasteiger partial charge in [-0.15, -0.1) is 12.4 Å². The Morgan fingerprint density at radius 3 is 2.18 bits per heavy atom. The Bertz CT molecular complexity index is 139. The van der Waals surface area contributed by atoms with E-state index >= 15 is 0 Å². The Morgan fingerprint density at radius 2 is 1.82 bits per heavy atom. The van der Waals surface area contributed by atoms with E-state index in [2.05, 4.69) is 6.92 Å². The van der Waals surface area contributed by atoms with Crippen molar-refractivity contribution in [1.82, 2.24) is 0 Å². The van der Waals surface area contributed by atoms with Crippen LogP contribution >= 0.6 is 12.4 Å². The quantitative estimate of drug-likeness (QED) is 0.622. The first kappa shape index (κ1) is 9.30. The molecular formula is C8H16ClNO. The summed E-state index contributed by atoms with van der Waals surface area (Å²) in [6, 6.07) is 0.350. The number of fused-ring (bicyclic) bond motifs is 1. The molecule has 3 heteroatoms. The molecule has 2 saturated carbocycles. The van der Waals surface area contributed by atoms with E-state index in [1.165, 1.54) is 0 Å². The highest BCUT2D eigenvalue weighted by molar-refractivity contribution is 5.85. The zero-order valence-electron chi connectivity index (χ0n) is 6.73. The Hall–Kier alpha value is 0.210. The zero-order valence-corrected chi connectivity index (χ0v) is 7.55. The van der Waals surface area contributed by atoms with Crippen molar-refractivity contribution in [3.8, 4) is 0 Å². The van der Waals surface area contributed by atoms with Crippen molar-refractivity contribution in [3.63, 3.8) is 0 Å². The van der Waals surface area contributed by atoms with Crippen LogP contribution in [0, 0.1) is 17.8 Å². The summed E-state index contributed by atoms with van der Waals surface area (Å²) >= 11 is 0. The topological polar surface area (TPSA) is 46.2 Å². The van der Waals surface area contributed by atoms with Gasteiger partial charge in [-0.1, -0.05) is 0 Å². The van der Waals surface area contributed by atoms with Gasteiger partial charge in [0.1, 0.15) is 0 Å². The van der Waals surface area contributed by atoms with Gasteiger partial charge in [-0.05, 0) is 37.5 Å². The first-order chi connectivity index (χ1) is 4.70. The van der Waals surface area contributed by atoms with Crippen LogP contribution < -0.4 is 5.73 Å². The van der Waals surface area contributed by atoms with Crippen LogP contribution in [0.1, 0.15) is 19.8 Å². The highest BCUT2D eigenvalue weighted by atomic mass is 35.5. The maximum Gasteiger partial charge on any atom is 0.0546 e. The molecule has 0 heterocycles. The average molecular weight is 178 g/mol. The Labute approximate surface area is 73.6 Å². The fourth-order valence-electron chi connectivity index (χ4n) is 2.64. The van der Waals surface area contributed by atoms with Crippen LogP contribution in [-0.2, 0) is 0 Å². The molecular weight excluding hydrogens is 162 g/mol. The molecule has 0 aromatic heterocycles. The van der Waals surface area contributed by atoms with E-state index < -0.39 is 0 Å². The molecule has 0 radical (unpaired) electrons. The van der Waals surface area contributed by atoms with Crippen LogP contribution in [0.25, 0.3) is 0 Å². The van der Waals surface area contributed by atoms with Gasteiger partial charge in [0.15, 0.2) is 0 Å². The third-order valence-corrected chi connectivity index (χ3v) is 3.09. The van der Waals surface area contributed by atoms with Crippen LogP contribution in [0.4, 0.5) is 0 Å². The molecule has 3 N–H and O–H groups in total. The summed E-state index contributed by atoms with van der Waals surface area (Å²) < 4.78 is 0. The summed E-state index contributed by atoms with van der Waals surface area (Å²) in [5.41, 5.74) is 5.75. The zero-order chi connectivity index (χ0) is 7.30. The lowest BCUT2D eigenvalue weighted by molar-refractivity contribution is 0.159.